The Morgan fingerprint density at radius 2 is 1.80 bits per heavy atom. The van der Waals surface area contributed by atoms with Crippen LogP contribution in [0.4, 0.5) is 11.6 Å². The van der Waals surface area contributed by atoms with Crippen LogP contribution in [0.5, 0.6) is 0 Å². The molecular weight excluding hydrogens is 380 g/mol. The van der Waals surface area contributed by atoms with E-state index in [1.54, 1.807) is 6.07 Å². The van der Waals surface area contributed by atoms with Crippen LogP contribution in [-0.2, 0) is 4.79 Å². The average molecular weight is 405 g/mol. The lowest BCUT2D eigenvalue weighted by Gasteiger charge is -2.29. The number of nitrogens with one attached hydrogen (secondary N) is 2. The number of likely N-dealkylation sites (tertiary alicyclic amines) is 1. The molecule has 1 aliphatic heterocycles. The van der Waals surface area contributed by atoms with E-state index in [-0.39, 0.29) is 0 Å². The first kappa shape index (κ1) is 19.4. The molecular formula is C19H25BrN4O. The summed E-state index contributed by atoms with van der Waals surface area (Å²) in [4.78, 5) is 17.0. The molecule has 1 amide bonds. The van der Waals surface area contributed by atoms with E-state index in [1.807, 2.05) is 30.3 Å². The highest BCUT2D eigenvalue weighted by Crippen LogP contribution is 2.15. The first-order valence-corrected chi connectivity index (χ1v) is 9.21. The van der Waals surface area contributed by atoms with Crippen molar-refractivity contribution in [3.05, 3.63) is 52.5 Å². The van der Waals surface area contributed by atoms with E-state index in [0.29, 0.717) is 18.3 Å². The summed E-state index contributed by atoms with van der Waals surface area (Å²) in [6.45, 7) is 4.30. The zero-order valence-electron chi connectivity index (χ0n) is 14.7. The lowest BCUT2D eigenvalue weighted by atomic mass is 10.1. The van der Waals surface area contributed by atoms with Crippen LogP contribution in [0.15, 0.2) is 46.9 Å². The van der Waals surface area contributed by atoms with Gasteiger partial charge in [-0.1, -0.05) is 40.2 Å². The molecule has 6 heteroatoms. The molecule has 0 atom stereocenters. The van der Waals surface area contributed by atoms with E-state index in [2.05, 4.69) is 56.5 Å². The number of nitrogens with zero attached hydrogens (tertiary/aromatic N) is 2. The summed E-state index contributed by atoms with van der Waals surface area (Å²) < 4.78 is 1.18. The lowest BCUT2D eigenvalue weighted by molar-refractivity contribution is -0.105. The summed E-state index contributed by atoms with van der Waals surface area (Å²) in [5.41, 5.74) is 1.28. The predicted molar refractivity (Wildman–Crippen MR) is 107 cm³/mol. The number of rotatable bonds is 4. The molecule has 1 saturated heterocycles. The maximum Gasteiger partial charge on any atom is 0.212 e. The molecule has 0 spiro atoms. The van der Waals surface area contributed by atoms with E-state index in [1.165, 1.54) is 10.0 Å². The predicted octanol–water partition coefficient (Wildman–Crippen LogP) is 3.91. The minimum atomic E-state index is 0.477. The van der Waals surface area contributed by atoms with Gasteiger partial charge in [0, 0.05) is 10.5 Å². The topological polar surface area (TPSA) is 57.3 Å². The Labute approximate surface area is 158 Å². The number of aryl methyl sites for hydroxylation is 1. The zero-order chi connectivity index (χ0) is 18.1. The minimum Gasteiger partial charge on any atom is -0.367 e. The van der Waals surface area contributed by atoms with Crippen LogP contribution < -0.4 is 10.6 Å². The third kappa shape index (κ3) is 6.84. The second-order valence-corrected chi connectivity index (χ2v) is 7.00. The highest BCUT2D eigenvalue weighted by atomic mass is 79.9. The molecule has 25 heavy (non-hydrogen) atoms. The molecule has 0 radical (unpaired) electrons. The Bertz CT molecular complexity index is 651. The van der Waals surface area contributed by atoms with Gasteiger partial charge in [0.2, 0.25) is 6.41 Å². The Morgan fingerprint density at radius 1 is 1.12 bits per heavy atom. The van der Waals surface area contributed by atoms with Crippen molar-refractivity contribution in [3.8, 4) is 0 Å². The van der Waals surface area contributed by atoms with Crippen molar-refractivity contribution in [2.75, 3.05) is 30.8 Å². The molecule has 1 aromatic heterocycles. The Kier molecular flexibility index (Phi) is 7.88. The van der Waals surface area contributed by atoms with Crippen LogP contribution in [0.25, 0.3) is 0 Å². The summed E-state index contributed by atoms with van der Waals surface area (Å²) >= 11 is 3.40. The van der Waals surface area contributed by atoms with Gasteiger partial charge in [-0.3, -0.25) is 4.79 Å². The third-order valence-corrected chi connectivity index (χ3v) is 4.99. The number of aromatic nitrogens is 1. The van der Waals surface area contributed by atoms with Crippen molar-refractivity contribution in [1.82, 2.24) is 9.88 Å². The van der Waals surface area contributed by atoms with E-state index in [0.717, 1.165) is 31.7 Å². The smallest absolute Gasteiger partial charge is 0.212 e. The van der Waals surface area contributed by atoms with Gasteiger partial charge >= 0.3 is 0 Å². The second-order valence-electron chi connectivity index (χ2n) is 6.14. The summed E-state index contributed by atoms with van der Waals surface area (Å²) in [5, 5.41) is 5.96. The molecule has 1 aliphatic rings. The summed E-state index contributed by atoms with van der Waals surface area (Å²) in [6, 6.07) is 14.2. The van der Waals surface area contributed by atoms with Gasteiger partial charge in [0.1, 0.15) is 11.6 Å². The number of carbonyl (C=O) groups is 1. The fourth-order valence-corrected chi connectivity index (χ4v) is 2.85. The van der Waals surface area contributed by atoms with Gasteiger partial charge in [0.25, 0.3) is 0 Å². The Balaban J connectivity index is 0.000000236. The number of hydrogen-bond acceptors (Lipinski definition) is 4. The molecule has 1 fully saturated rings. The number of benzene rings is 1. The van der Waals surface area contributed by atoms with Crippen LogP contribution >= 0.6 is 15.9 Å². The lowest BCUT2D eigenvalue weighted by Crippen LogP contribution is -2.36. The third-order valence-electron chi connectivity index (χ3n) is 4.10. The maximum absolute atomic E-state index is 10.3. The molecule has 0 aliphatic carbocycles. The number of carbonyl (C=O) groups excluding carboxylic acids is 1. The van der Waals surface area contributed by atoms with Gasteiger partial charge in [-0.05, 0) is 63.7 Å². The molecule has 0 bridgehead atoms. The normalized spacial score (nSPS) is 15.0. The molecule has 1 aromatic carbocycles. The van der Waals surface area contributed by atoms with Crippen molar-refractivity contribution >= 4 is 34.0 Å². The molecule has 0 unspecified atom stereocenters. The first-order chi connectivity index (χ1) is 12.1. The molecule has 134 valence electrons. The number of pyridine rings is 1. The molecule has 5 nitrogen and oxygen atoms in total. The van der Waals surface area contributed by atoms with Gasteiger partial charge < -0.3 is 15.5 Å². The summed E-state index contributed by atoms with van der Waals surface area (Å²) in [5.74, 6) is 1.41. The van der Waals surface area contributed by atoms with Crippen LogP contribution in [0, 0.1) is 6.92 Å². The molecule has 2 aromatic rings. The fourth-order valence-electron chi connectivity index (χ4n) is 2.57. The van der Waals surface area contributed by atoms with Gasteiger partial charge in [0.05, 0.1) is 0 Å². The SMILES string of the molecule is CN1CCC(Nc2cccc(NC=O)n2)CC1.Cc1ccccc1Br. The Morgan fingerprint density at radius 3 is 2.40 bits per heavy atom. The molecule has 2 heterocycles. The maximum atomic E-state index is 10.3. The molecule has 2 N–H and O–H groups in total. The second kappa shape index (κ2) is 10.2. The zero-order valence-corrected chi connectivity index (χ0v) is 16.3. The standard InChI is InChI=1S/C12H18N4O.C7H7Br/c1-16-7-5-10(6-8-16)14-12-4-2-3-11(15-12)13-9-17;1-6-4-2-3-5-7(6)8/h2-4,9-10H,5-8H2,1H3,(H2,13,14,15,17);2-5H,1H3. The summed E-state index contributed by atoms with van der Waals surface area (Å²) in [6.07, 6.45) is 2.90. The highest BCUT2D eigenvalue weighted by Gasteiger charge is 2.16. The van der Waals surface area contributed by atoms with Gasteiger partial charge in [0.15, 0.2) is 0 Å². The highest BCUT2D eigenvalue weighted by molar-refractivity contribution is 9.10. The number of anilines is 2. The minimum absolute atomic E-state index is 0.477. The van der Waals surface area contributed by atoms with Crippen LogP contribution in [-0.4, -0.2) is 42.5 Å². The quantitative estimate of drug-likeness (QED) is 0.758. The van der Waals surface area contributed by atoms with E-state index < -0.39 is 0 Å². The van der Waals surface area contributed by atoms with Crippen molar-refractivity contribution in [1.29, 1.82) is 0 Å². The van der Waals surface area contributed by atoms with Crippen molar-refractivity contribution in [2.24, 2.45) is 0 Å². The van der Waals surface area contributed by atoms with Crippen molar-refractivity contribution in [3.63, 3.8) is 0 Å². The van der Waals surface area contributed by atoms with Crippen LogP contribution in [0.1, 0.15) is 18.4 Å². The largest absolute Gasteiger partial charge is 0.367 e. The van der Waals surface area contributed by atoms with E-state index in [9.17, 15) is 4.79 Å². The molecule has 0 saturated carbocycles. The van der Waals surface area contributed by atoms with Crippen molar-refractivity contribution in [2.45, 2.75) is 25.8 Å². The number of hydrogen-bond donors (Lipinski definition) is 2. The summed E-state index contributed by atoms with van der Waals surface area (Å²) in [7, 11) is 2.14. The van der Waals surface area contributed by atoms with Crippen LogP contribution in [0.2, 0.25) is 0 Å². The van der Waals surface area contributed by atoms with E-state index >= 15 is 0 Å². The number of halogens is 1. The fraction of sp³-hybridized carbons (Fsp3) is 0.368. The first-order valence-electron chi connectivity index (χ1n) is 8.42. The van der Waals surface area contributed by atoms with Gasteiger partial charge in [-0.25, -0.2) is 4.98 Å². The monoisotopic (exact) mass is 404 g/mol. The van der Waals surface area contributed by atoms with Crippen LogP contribution in [0.3, 0.4) is 0 Å². The Hall–Kier alpha value is -1.92. The van der Waals surface area contributed by atoms with E-state index in [4.69, 9.17) is 0 Å². The van der Waals surface area contributed by atoms with Crippen molar-refractivity contribution < 1.29 is 4.79 Å². The number of amides is 1. The molecule has 3 rings (SSSR count). The van der Waals surface area contributed by atoms with Gasteiger partial charge in [-0.15, -0.1) is 0 Å². The van der Waals surface area contributed by atoms with Gasteiger partial charge in [-0.2, -0.15) is 0 Å². The number of piperidine rings is 1. The average Bonchev–Trinajstić information content (AvgIpc) is 2.61.